The number of nitrogen functional groups attached to an aromatic ring is 1. The summed E-state index contributed by atoms with van der Waals surface area (Å²) in [5.74, 6) is 1.90. The molecule has 0 fully saturated rings. The molecule has 2 heterocycles. The first-order valence-electron chi connectivity index (χ1n) is 8.08. The van der Waals surface area contributed by atoms with Gasteiger partial charge in [0.25, 0.3) is 0 Å². The van der Waals surface area contributed by atoms with E-state index < -0.39 is 0 Å². The molecule has 7 heteroatoms. The Bertz CT molecular complexity index is 694. The van der Waals surface area contributed by atoms with Gasteiger partial charge in [-0.15, -0.1) is 10.2 Å². The Morgan fingerprint density at radius 3 is 3.04 bits per heavy atom. The number of hydrogen-bond donors (Lipinski definition) is 1. The van der Waals surface area contributed by atoms with Crippen molar-refractivity contribution in [2.75, 3.05) is 12.3 Å². The minimum absolute atomic E-state index is 0.225. The molecular formula is C17H24N6O. The van der Waals surface area contributed by atoms with Gasteiger partial charge in [0, 0.05) is 18.7 Å². The van der Waals surface area contributed by atoms with E-state index in [1.165, 1.54) is 6.20 Å². The van der Waals surface area contributed by atoms with Gasteiger partial charge in [-0.05, 0) is 31.9 Å². The van der Waals surface area contributed by atoms with Gasteiger partial charge in [-0.1, -0.05) is 19.6 Å². The minimum Gasteiger partial charge on any atom is -0.481 e. The third-order valence-electron chi connectivity index (χ3n) is 3.62. The predicted molar refractivity (Wildman–Crippen MR) is 95.5 cm³/mol. The minimum atomic E-state index is 0.225. The van der Waals surface area contributed by atoms with E-state index in [-0.39, 0.29) is 6.04 Å². The maximum absolute atomic E-state index is 5.75. The molecule has 0 saturated heterocycles. The smallest absolute Gasteiger partial charge is 0.187 e. The summed E-state index contributed by atoms with van der Waals surface area (Å²) in [6.07, 6.45) is 5.82. The van der Waals surface area contributed by atoms with Gasteiger partial charge in [0.2, 0.25) is 0 Å². The molecule has 0 spiro atoms. The SMILES string of the molecule is C=CN=C(CC)OCCC[C@H](C)n1cnnc1-c1cccc(N)n1. The normalized spacial score (nSPS) is 12.8. The topological polar surface area (TPSA) is 91.2 Å². The number of aliphatic imine (C=N–C) groups is 1. The molecule has 0 aliphatic carbocycles. The van der Waals surface area contributed by atoms with Crippen LogP contribution in [-0.4, -0.2) is 32.3 Å². The Morgan fingerprint density at radius 1 is 1.50 bits per heavy atom. The molecule has 0 radical (unpaired) electrons. The fourth-order valence-electron chi connectivity index (χ4n) is 2.36. The summed E-state index contributed by atoms with van der Waals surface area (Å²) < 4.78 is 7.65. The monoisotopic (exact) mass is 328 g/mol. The summed E-state index contributed by atoms with van der Waals surface area (Å²) >= 11 is 0. The van der Waals surface area contributed by atoms with Crippen molar-refractivity contribution in [3.05, 3.63) is 37.3 Å². The van der Waals surface area contributed by atoms with Crippen molar-refractivity contribution in [1.29, 1.82) is 0 Å². The molecule has 7 nitrogen and oxygen atoms in total. The van der Waals surface area contributed by atoms with E-state index in [9.17, 15) is 0 Å². The summed E-state index contributed by atoms with van der Waals surface area (Å²) in [5, 5.41) is 8.19. The first-order chi connectivity index (χ1) is 11.7. The Hall–Kier alpha value is -2.70. The van der Waals surface area contributed by atoms with Crippen LogP contribution in [0.4, 0.5) is 5.82 Å². The van der Waals surface area contributed by atoms with Gasteiger partial charge in [-0.25, -0.2) is 9.98 Å². The van der Waals surface area contributed by atoms with E-state index in [1.54, 1.807) is 12.4 Å². The number of ether oxygens (including phenoxy) is 1. The number of anilines is 1. The first-order valence-corrected chi connectivity index (χ1v) is 8.08. The molecule has 0 saturated carbocycles. The van der Waals surface area contributed by atoms with Crippen LogP contribution in [0.3, 0.4) is 0 Å². The van der Waals surface area contributed by atoms with Crippen LogP contribution in [-0.2, 0) is 4.74 Å². The van der Waals surface area contributed by atoms with Gasteiger partial charge in [-0.2, -0.15) is 0 Å². The van der Waals surface area contributed by atoms with E-state index in [4.69, 9.17) is 10.5 Å². The van der Waals surface area contributed by atoms with Gasteiger partial charge >= 0.3 is 0 Å². The van der Waals surface area contributed by atoms with E-state index in [0.717, 1.165) is 30.8 Å². The highest BCUT2D eigenvalue weighted by molar-refractivity contribution is 5.76. The molecule has 0 unspecified atom stereocenters. The van der Waals surface area contributed by atoms with Crippen LogP contribution in [0.5, 0.6) is 0 Å². The maximum Gasteiger partial charge on any atom is 0.187 e. The molecule has 0 amide bonds. The van der Waals surface area contributed by atoms with Crippen LogP contribution in [0.15, 0.2) is 42.3 Å². The Balaban J connectivity index is 1.94. The largest absolute Gasteiger partial charge is 0.481 e. The van der Waals surface area contributed by atoms with Crippen LogP contribution >= 0.6 is 0 Å². The molecule has 0 aromatic carbocycles. The molecule has 24 heavy (non-hydrogen) atoms. The molecule has 2 rings (SSSR count). The van der Waals surface area contributed by atoms with Crippen LogP contribution < -0.4 is 5.73 Å². The fraction of sp³-hybridized carbons (Fsp3) is 0.412. The van der Waals surface area contributed by atoms with Crippen LogP contribution in [0, 0.1) is 0 Å². The fourth-order valence-corrected chi connectivity index (χ4v) is 2.36. The molecule has 0 aliphatic rings. The van der Waals surface area contributed by atoms with E-state index in [1.807, 2.05) is 23.6 Å². The number of nitrogens with two attached hydrogens (primary N) is 1. The average molecular weight is 328 g/mol. The van der Waals surface area contributed by atoms with Crippen molar-refractivity contribution in [3.8, 4) is 11.5 Å². The van der Waals surface area contributed by atoms with E-state index in [0.29, 0.717) is 18.3 Å². The van der Waals surface area contributed by atoms with Crippen molar-refractivity contribution in [1.82, 2.24) is 19.7 Å². The van der Waals surface area contributed by atoms with Crippen molar-refractivity contribution in [2.45, 2.75) is 39.2 Å². The number of hydrogen-bond acceptors (Lipinski definition) is 6. The standard InChI is InChI=1S/C17H24N6O/c1-4-16(19-5-2)24-11-7-8-13(3)23-12-20-22-17(23)14-9-6-10-15(18)21-14/h5-6,9-10,12-13H,2,4,7-8,11H2,1,3H3,(H2,18,21)/t13-/m0/s1. The number of nitrogens with zero attached hydrogens (tertiary/aromatic N) is 5. The van der Waals surface area contributed by atoms with Crippen LogP contribution in [0.25, 0.3) is 11.5 Å². The van der Waals surface area contributed by atoms with Crippen molar-refractivity contribution in [2.24, 2.45) is 4.99 Å². The van der Waals surface area contributed by atoms with Crippen molar-refractivity contribution >= 4 is 11.7 Å². The zero-order valence-electron chi connectivity index (χ0n) is 14.2. The molecule has 1 atom stereocenters. The lowest BCUT2D eigenvalue weighted by Gasteiger charge is -2.15. The Kier molecular flexibility index (Phi) is 6.48. The van der Waals surface area contributed by atoms with Gasteiger partial charge in [0.1, 0.15) is 17.8 Å². The van der Waals surface area contributed by atoms with Gasteiger partial charge in [-0.3, -0.25) is 0 Å². The molecular weight excluding hydrogens is 304 g/mol. The number of rotatable bonds is 8. The number of aromatic nitrogens is 4. The highest BCUT2D eigenvalue weighted by atomic mass is 16.5. The molecule has 0 bridgehead atoms. The quantitative estimate of drug-likeness (QED) is 0.456. The molecule has 128 valence electrons. The summed E-state index contributed by atoms with van der Waals surface area (Å²) in [7, 11) is 0. The Morgan fingerprint density at radius 2 is 2.33 bits per heavy atom. The summed E-state index contributed by atoms with van der Waals surface area (Å²) in [4.78, 5) is 8.40. The second-order valence-electron chi connectivity index (χ2n) is 5.41. The molecule has 2 aromatic heterocycles. The Labute approximate surface area is 142 Å². The van der Waals surface area contributed by atoms with Crippen LogP contribution in [0.2, 0.25) is 0 Å². The number of pyridine rings is 1. The highest BCUT2D eigenvalue weighted by Crippen LogP contribution is 2.21. The van der Waals surface area contributed by atoms with Crippen molar-refractivity contribution < 1.29 is 4.74 Å². The van der Waals surface area contributed by atoms with Gasteiger partial charge in [0.05, 0.1) is 6.61 Å². The van der Waals surface area contributed by atoms with Gasteiger partial charge in [0.15, 0.2) is 11.7 Å². The van der Waals surface area contributed by atoms with E-state index in [2.05, 4.69) is 33.7 Å². The van der Waals surface area contributed by atoms with Crippen LogP contribution in [0.1, 0.15) is 39.2 Å². The zero-order valence-corrected chi connectivity index (χ0v) is 14.2. The lowest BCUT2D eigenvalue weighted by Crippen LogP contribution is -2.10. The maximum atomic E-state index is 5.75. The molecule has 2 aromatic rings. The second-order valence-corrected chi connectivity index (χ2v) is 5.41. The van der Waals surface area contributed by atoms with Gasteiger partial charge < -0.3 is 15.0 Å². The van der Waals surface area contributed by atoms with Crippen molar-refractivity contribution in [3.63, 3.8) is 0 Å². The molecule has 2 N–H and O–H groups in total. The summed E-state index contributed by atoms with van der Waals surface area (Å²) in [6, 6.07) is 5.72. The lowest BCUT2D eigenvalue weighted by atomic mass is 10.2. The third kappa shape index (κ3) is 4.65. The third-order valence-corrected chi connectivity index (χ3v) is 3.62. The average Bonchev–Trinajstić information content (AvgIpc) is 3.07. The summed E-state index contributed by atoms with van der Waals surface area (Å²) in [6.45, 7) is 8.34. The highest BCUT2D eigenvalue weighted by Gasteiger charge is 2.14. The predicted octanol–water partition coefficient (Wildman–Crippen LogP) is 3.23. The first kappa shape index (κ1) is 17.7. The lowest BCUT2D eigenvalue weighted by molar-refractivity contribution is 0.277. The second kappa shape index (κ2) is 8.81. The molecule has 0 aliphatic heterocycles. The zero-order chi connectivity index (χ0) is 17.4. The summed E-state index contributed by atoms with van der Waals surface area (Å²) in [5.41, 5.74) is 6.48. The van der Waals surface area contributed by atoms with E-state index >= 15 is 0 Å².